The van der Waals surface area contributed by atoms with Gasteiger partial charge in [0.2, 0.25) is 10.8 Å². The van der Waals surface area contributed by atoms with Crippen LogP contribution < -0.4 is 25.6 Å². The molecule has 1 aliphatic carbocycles. The topological polar surface area (TPSA) is 90.7 Å². The first kappa shape index (κ1) is 30.6. The number of aryl methyl sites for hydroxylation is 1. The molecule has 1 amide bonds. The summed E-state index contributed by atoms with van der Waals surface area (Å²) >= 11 is 0. The number of anilines is 1. The zero-order valence-corrected chi connectivity index (χ0v) is 26.4. The molecule has 0 spiro atoms. The van der Waals surface area contributed by atoms with Crippen molar-refractivity contribution < 1.29 is 14.3 Å². The lowest BCUT2D eigenvalue weighted by atomic mass is 9.93. The standard InChI is InChI=1S/C36H40N4O4/c1-7-39(8-2)26-15-17-28-32(20-26)44-33-21-27(40(9-3)10-4)16-18-29(33)34(28)24-11-13-25(14-12-24)36(43)37-22-30-35(42)31(41)19-23(5)38(30)6/h11-21H,7-10,22H2,1-6H3,(H-,37,42,43)/p+1. The third kappa shape index (κ3) is 5.72. The Morgan fingerprint density at radius 1 is 0.955 bits per heavy atom. The van der Waals surface area contributed by atoms with Crippen LogP contribution in [-0.4, -0.2) is 41.8 Å². The van der Waals surface area contributed by atoms with E-state index >= 15 is 0 Å². The molecule has 1 aliphatic heterocycles. The van der Waals surface area contributed by atoms with E-state index in [0.29, 0.717) is 17.0 Å². The maximum absolute atomic E-state index is 13.1. The summed E-state index contributed by atoms with van der Waals surface area (Å²) in [5, 5.41) is 15.2. The average Bonchev–Trinajstić information content (AvgIpc) is 3.03. The number of nitrogens with one attached hydrogen (secondary N) is 1. The van der Waals surface area contributed by atoms with Gasteiger partial charge in [0.05, 0.1) is 18.3 Å². The third-order valence-corrected chi connectivity index (χ3v) is 8.58. The number of benzene rings is 3. The maximum Gasteiger partial charge on any atom is 0.251 e. The summed E-state index contributed by atoms with van der Waals surface area (Å²) in [7, 11) is 1.75. The Morgan fingerprint density at radius 2 is 1.66 bits per heavy atom. The molecule has 2 aliphatic rings. The molecule has 44 heavy (non-hydrogen) atoms. The Balaban J connectivity index is 1.57. The minimum atomic E-state index is -0.461. The Bertz CT molecular complexity index is 1930. The fourth-order valence-electron chi connectivity index (χ4n) is 5.87. The van der Waals surface area contributed by atoms with Crippen LogP contribution in [0, 0.1) is 6.92 Å². The van der Waals surface area contributed by atoms with E-state index in [1.54, 1.807) is 30.7 Å². The van der Waals surface area contributed by atoms with Crippen LogP contribution in [0.1, 0.15) is 49.4 Å². The minimum absolute atomic E-state index is 0.0268. The van der Waals surface area contributed by atoms with Gasteiger partial charge in [0.1, 0.15) is 24.4 Å². The predicted octanol–water partition coefficient (Wildman–Crippen LogP) is 5.51. The lowest BCUT2D eigenvalue weighted by Gasteiger charge is -2.22. The molecule has 0 bridgehead atoms. The van der Waals surface area contributed by atoms with Gasteiger partial charge < -0.3 is 24.3 Å². The van der Waals surface area contributed by atoms with Crippen LogP contribution in [0.2, 0.25) is 0 Å². The number of rotatable bonds is 9. The highest BCUT2D eigenvalue weighted by Gasteiger charge is 2.20. The quantitative estimate of drug-likeness (QED) is 0.174. The summed E-state index contributed by atoms with van der Waals surface area (Å²) < 4.78 is 10.6. The third-order valence-electron chi connectivity index (χ3n) is 8.58. The predicted molar refractivity (Wildman–Crippen MR) is 177 cm³/mol. The number of hydrogen-bond donors (Lipinski definition) is 2. The van der Waals surface area contributed by atoms with Crippen molar-refractivity contribution >= 4 is 22.6 Å². The smallest absolute Gasteiger partial charge is 0.251 e. The number of aromatic hydroxyl groups is 1. The SMILES string of the molecule is CCN(CC)c1ccc2c(-c3ccc(C(=O)NCc4c(O)c(=O)cc(C)n4C)cc3)c3ccc(=[N+](CC)CC)cc-3oc2c1. The number of pyridine rings is 1. The van der Waals surface area contributed by atoms with Gasteiger partial charge in [-0.3, -0.25) is 9.59 Å². The van der Waals surface area contributed by atoms with Crippen molar-refractivity contribution in [2.75, 3.05) is 31.1 Å². The molecule has 0 radical (unpaired) electrons. The first-order valence-corrected chi connectivity index (χ1v) is 15.3. The summed E-state index contributed by atoms with van der Waals surface area (Å²) in [6.45, 7) is 14.0. The van der Waals surface area contributed by atoms with Crippen LogP contribution in [0.15, 0.2) is 75.9 Å². The first-order chi connectivity index (χ1) is 21.2. The Morgan fingerprint density at radius 3 is 2.32 bits per heavy atom. The van der Waals surface area contributed by atoms with Crippen LogP contribution in [0.5, 0.6) is 5.75 Å². The fourth-order valence-corrected chi connectivity index (χ4v) is 5.87. The number of nitrogens with zero attached hydrogens (tertiary/aromatic N) is 3. The largest absolute Gasteiger partial charge is 0.503 e. The van der Waals surface area contributed by atoms with E-state index in [0.717, 1.165) is 70.6 Å². The van der Waals surface area contributed by atoms with E-state index in [1.165, 1.54) is 6.07 Å². The van der Waals surface area contributed by atoms with Gasteiger partial charge in [-0.15, -0.1) is 0 Å². The van der Waals surface area contributed by atoms with E-state index < -0.39 is 5.43 Å². The van der Waals surface area contributed by atoms with E-state index in [-0.39, 0.29) is 18.2 Å². The molecule has 2 N–H and O–H groups in total. The number of carbonyl (C=O) groups is 1. The minimum Gasteiger partial charge on any atom is -0.503 e. The summed E-state index contributed by atoms with van der Waals surface area (Å²) in [5.74, 6) is 0.157. The van der Waals surface area contributed by atoms with E-state index in [4.69, 9.17) is 4.42 Å². The zero-order chi connectivity index (χ0) is 31.5. The van der Waals surface area contributed by atoms with Crippen molar-refractivity contribution in [3.05, 3.63) is 99.3 Å². The monoisotopic (exact) mass is 593 g/mol. The highest BCUT2D eigenvalue weighted by molar-refractivity contribution is 6.03. The van der Waals surface area contributed by atoms with Crippen molar-refractivity contribution in [3.8, 4) is 28.2 Å². The molecule has 2 aromatic carbocycles. The van der Waals surface area contributed by atoms with Crippen LogP contribution in [-0.2, 0) is 13.6 Å². The first-order valence-electron chi connectivity index (χ1n) is 15.3. The number of hydrogen-bond acceptors (Lipinski definition) is 5. The van der Waals surface area contributed by atoms with Crippen LogP contribution in [0.4, 0.5) is 5.69 Å². The molecule has 0 saturated heterocycles. The van der Waals surface area contributed by atoms with Crippen molar-refractivity contribution in [3.63, 3.8) is 0 Å². The molecule has 0 saturated carbocycles. The second-order valence-corrected chi connectivity index (χ2v) is 10.9. The molecule has 0 fully saturated rings. The number of aromatic nitrogens is 1. The fraction of sp³-hybridized carbons (Fsp3) is 0.306. The van der Waals surface area contributed by atoms with Crippen LogP contribution >= 0.6 is 0 Å². The van der Waals surface area contributed by atoms with Gasteiger partial charge in [-0.25, -0.2) is 4.58 Å². The highest BCUT2D eigenvalue weighted by Crippen LogP contribution is 2.40. The van der Waals surface area contributed by atoms with Crippen LogP contribution in [0.25, 0.3) is 33.4 Å². The Kier molecular flexibility index (Phi) is 8.90. The van der Waals surface area contributed by atoms with Crippen molar-refractivity contribution in [2.45, 2.75) is 41.2 Å². The molecule has 0 unspecified atom stereocenters. The summed E-state index contributed by atoms with van der Waals surface area (Å²) in [6.07, 6.45) is 0. The molecule has 0 atom stereocenters. The lowest BCUT2D eigenvalue weighted by molar-refractivity contribution is 0.0950. The molecular formula is C36H41N4O4+. The number of amides is 1. The summed E-state index contributed by atoms with van der Waals surface area (Å²) in [4.78, 5) is 27.5. The molecular weight excluding hydrogens is 552 g/mol. The second-order valence-electron chi connectivity index (χ2n) is 10.9. The molecule has 228 valence electrons. The van der Waals surface area contributed by atoms with E-state index in [1.807, 2.05) is 12.1 Å². The molecule has 8 heteroatoms. The van der Waals surface area contributed by atoms with Crippen molar-refractivity contribution in [1.82, 2.24) is 14.5 Å². The van der Waals surface area contributed by atoms with Gasteiger partial charge in [0, 0.05) is 71.8 Å². The number of fused-ring (bicyclic) bond motifs is 2. The zero-order valence-electron chi connectivity index (χ0n) is 26.4. The van der Waals surface area contributed by atoms with Crippen molar-refractivity contribution in [2.24, 2.45) is 7.05 Å². The van der Waals surface area contributed by atoms with Crippen molar-refractivity contribution in [1.29, 1.82) is 0 Å². The van der Waals surface area contributed by atoms with Gasteiger partial charge in [-0.2, -0.15) is 0 Å². The highest BCUT2D eigenvalue weighted by atomic mass is 16.3. The summed E-state index contributed by atoms with van der Waals surface area (Å²) in [5.41, 5.74) is 6.01. The number of carbonyl (C=O) groups excluding carboxylic acids is 1. The van der Waals surface area contributed by atoms with Gasteiger partial charge in [-0.1, -0.05) is 12.1 Å². The lowest BCUT2D eigenvalue weighted by Crippen LogP contribution is -2.29. The van der Waals surface area contributed by atoms with Crippen LogP contribution in [0.3, 0.4) is 0 Å². The molecule has 3 aromatic rings. The van der Waals surface area contributed by atoms with E-state index in [9.17, 15) is 14.7 Å². The molecule has 8 nitrogen and oxygen atoms in total. The van der Waals surface area contributed by atoms with Gasteiger partial charge in [0.25, 0.3) is 5.91 Å². The summed E-state index contributed by atoms with van der Waals surface area (Å²) in [6, 6.07) is 21.7. The Labute approximate surface area is 257 Å². The van der Waals surface area contributed by atoms with E-state index in [2.05, 4.69) is 78.9 Å². The molecule has 1 aromatic heterocycles. The molecule has 5 rings (SSSR count). The van der Waals surface area contributed by atoms with Gasteiger partial charge >= 0.3 is 0 Å². The Hall–Kier alpha value is -4.85. The van der Waals surface area contributed by atoms with Gasteiger partial charge in [-0.05, 0) is 70.5 Å². The average molecular weight is 594 g/mol. The normalized spacial score (nSPS) is 11.2. The molecule has 2 heterocycles. The maximum atomic E-state index is 13.1. The second kappa shape index (κ2) is 12.8. The van der Waals surface area contributed by atoms with Gasteiger partial charge in [0.15, 0.2) is 5.75 Å².